The monoisotopic (exact) mass is 302 g/mol. The van der Waals surface area contributed by atoms with Gasteiger partial charge in [0.2, 0.25) is 5.91 Å². The van der Waals surface area contributed by atoms with Crippen molar-refractivity contribution in [2.75, 3.05) is 18.8 Å². The maximum Gasteiger partial charge on any atom is 0.232 e. The fraction of sp³-hybridized carbons (Fsp3) is 0.333. The van der Waals surface area contributed by atoms with Gasteiger partial charge in [-0.05, 0) is 38.1 Å². The lowest BCUT2D eigenvalue weighted by Crippen LogP contribution is -2.31. The molecule has 0 N–H and O–H groups in total. The number of thioether (sulfide) groups is 1. The maximum absolute atomic E-state index is 11.9. The van der Waals surface area contributed by atoms with Crippen molar-refractivity contribution in [2.24, 2.45) is 0 Å². The quantitative estimate of drug-likeness (QED) is 0.767. The van der Waals surface area contributed by atoms with Crippen LogP contribution in [0.15, 0.2) is 41.7 Å². The molecule has 21 heavy (non-hydrogen) atoms. The van der Waals surface area contributed by atoms with E-state index in [1.54, 1.807) is 12.4 Å². The van der Waals surface area contributed by atoms with E-state index >= 15 is 0 Å². The highest BCUT2D eigenvalue weighted by Gasteiger charge is 2.10. The third kappa shape index (κ3) is 4.26. The van der Waals surface area contributed by atoms with Gasteiger partial charge in [0.1, 0.15) is 5.03 Å². The lowest BCUT2D eigenvalue weighted by atomic mass is 10.2. The molecular weight excluding hydrogens is 284 g/mol. The molecule has 0 saturated carbocycles. The molecule has 1 amide bonds. The zero-order valence-corrected chi connectivity index (χ0v) is 13.0. The van der Waals surface area contributed by atoms with Gasteiger partial charge in [-0.1, -0.05) is 11.8 Å². The van der Waals surface area contributed by atoms with Crippen molar-refractivity contribution in [3.05, 3.63) is 36.7 Å². The summed E-state index contributed by atoms with van der Waals surface area (Å²) in [6.45, 7) is 5.44. The largest absolute Gasteiger partial charge is 0.343 e. The molecule has 2 heterocycles. The van der Waals surface area contributed by atoms with Crippen LogP contribution < -0.4 is 0 Å². The molecule has 2 aromatic heterocycles. The van der Waals surface area contributed by atoms with Crippen LogP contribution in [0.25, 0.3) is 11.3 Å². The third-order valence-corrected chi connectivity index (χ3v) is 3.96. The van der Waals surface area contributed by atoms with E-state index in [2.05, 4.69) is 15.2 Å². The average Bonchev–Trinajstić information content (AvgIpc) is 2.55. The molecule has 110 valence electrons. The van der Waals surface area contributed by atoms with Crippen molar-refractivity contribution in [1.29, 1.82) is 0 Å². The van der Waals surface area contributed by atoms with Gasteiger partial charge < -0.3 is 4.90 Å². The van der Waals surface area contributed by atoms with Gasteiger partial charge in [-0.15, -0.1) is 10.2 Å². The van der Waals surface area contributed by atoms with Crippen molar-refractivity contribution in [2.45, 2.75) is 18.9 Å². The minimum atomic E-state index is 0.128. The summed E-state index contributed by atoms with van der Waals surface area (Å²) in [6, 6.07) is 7.58. The molecule has 2 aromatic rings. The van der Waals surface area contributed by atoms with Gasteiger partial charge in [0.15, 0.2) is 0 Å². The molecule has 0 saturated heterocycles. The minimum Gasteiger partial charge on any atom is -0.343 e. The Balaban J connectivity index is 1.96. The summed E-state index contributed by atoms with van der Waals surface area (Å²) in [7, 11) is 0. The van der Waals surface area contributed by atoms with Gasteiger partial charge in [-0.25, -0.2) is 0 Å². The molecule has 0 radical (unpaired) electrons. The standard InChI is InChI=1S/C15H18N4OS/c1-3-19(4-2)15(20)11-21-14-8-7-13(17-18-14)12-6-5-9-16-10-12/h5-10H,3-4,11H2,1-2H3. The molecule has 0 fully saturated rings. The highest BCUT2D eigenvalue weighted by atomic mass is 32.2. The van der Waals surface area contributed by atoms with Crippen LogP contribution in [0.5, 0.6) is 0 Å². The number of rotatable bonds is 6. The summed E-state index contributed by atoms with van der Waals surface area (Å²) < 4.78 is 0. The Labute approximate surface area is 128 Å². The van der Waals surface area contributed by atoms with Gasteiger partial charge >= 0.3 is 0 Å². The second-order valence-electron chi connectivity index (χ2n) is 4.35. The van der Waals surface area contributed by atoms with Crippen LogP contribution >= 0.6 is 11.8 Å². The number of carbonyl (C=O) groups excluding carboxylic acids is 1. The molecule has 0 bridgehead atoms. The van der Waals surface area contributed by atoms with Gasteiger partial charge in [0.25, 0.3) is 0 Å². The molecule has 0 aromatic carbocycles. The highest BCUT2D eigenvalue weighted by Crippen LogP contribution is 2.19. The highest BCUT2D eigenvalue weighted by molar-refractivity contribution is 7.99. The Morgan fingerprint density at radius 2 is 2.00 bits per heavy atom. The number of nitrogens with zero attached hydrogens (tertiary/aromatic N) is 4. The van der Waals surface area contributed by atoms with Gasteiger partial charge in [-0.3, -0.25) is 9.78 Å². The zero-order valence-electron chi connectivity index (χ0n) is 12.2. The molecule has 2 rings (SSSR count). The fourth-order valence-corrected chi connectivity index (χ4v) is 2.59. The number of hydrogen-bond acceptors (Lipinski definition) is 5. The SMILES string of the molecule is CCN(CC)C(=O)CSc1ccc(-c2cccnc2)nn1. The fourth-order valence-electron chi connectivity index (χ4n) is 1.87. The van der Waals surface area contributed by atoms with E-state index in [1.807, 2.05) is 43.0 Å². The maximum atomic E-state index is 11.9. The summed E-state index contributed by atoms with van der Waals surface area (Å²) in [6.07, 6.45) is 3.47. The van der Waals surface area contributed by atoms with E-state index in [-0.39, 0.29) is 5.91 Å². The van der Waals surface area contributed by atoms with Crippen molar-refractivity contribution in [3.63, 3.8) is 0 Å². The Bertz CT molecular complexity index is 570. The van der Waals surface area contributed by atoms with Crippen molar-refractivity contribution in [1.82, 2.24) is 20.1 Å². The molecule has 0 spiro atoms. The van der Waals surface area contributed by atoms with Crippen molar-refractivity contribution in [3.8, 4) is 11.3 Å². The van der Waals surface area contributed by atoms with Gasteiger partial charge in [0.05, 0.1) is 11.4 Å². The summed E-state index contributed by atoms with van der Waals surface area (Å²) in [5.74, 6) is 0.519. The second kappa shape index (κ2) is 7.73. The van der Waals surface area contributed by atoms with Crippen LogP contribution in [-0.4, -0.2) is 44.8 Å². The van der Waals surface area contributed by atoms with E-state index in [1.165, 1.54) is 11.8 Å². The minimum absolute atomic E-state index is 0.128. The summed E-state index contributed by atoms with van der Waals surface area (Å²) in [5, 5.41) is 9.08. The number of aromatic nitrogens is 3. The van der Waals surface area contributed by atoms with Crippen LogP contribution in [0.2, 0.25) is 0 Å². The molecule has 5 nitrogen and oxygen atoms in total. The summed E-state index contributed by atoms with van der Waals surface area (Å²) in [4.78, 5) is 17.8. The van der Waals surface area contributed by atoms with E-state index in [9.17, 15) is 4.79 Å². The first-order valence-corrected chi connectivity index (χ1v) is 7.87. The van der Waals surface area contributed by atoms with Crippen LogP contribution in [0.3, 0.4) is 0 Å². The Hall–Kier alpha value is -1.95. The topological polar surface area (TPSA) is 59.0 Å². The van der Waals surface area contributed by atoms with Crippen molar-refractivity contribution < 1.29 is 4.79 Å². The zero-order chi connectivity index (χ0) is 15.1. The average molecular weight is 302 g/mol. The first kappa shape index (κ1) is 15.4. The first-order valence-electron chi connectivity index (χ1n) is 6.89. The summed E-state index contributed by atoms with van der Waals surface area (Å²) in [5.41, 5.74) is 1.71. The van der Waals surface area contributed by atoms with Crippen molar-refractivity contribution >= 4 is 17.7 Å². The first-order chi connectivity index (χ1) is 10.2. The van der Waals surface area contributed by atoms with Crippen LogP contribution in [0.1, 0.15) is 13.8 Å². The molecule has 0 aliphatic heterocycles. The Morgan fingerprint density at radius 1 is 1.19 bits per heavy atom. The number of pyridine rings is 1. The van der Waals surface area contributed by atoms with E-state index in [0.29, 0.717) is 5.75 Å². The molecule has 0 aliphatic carbocycles. The molecule has 0 atom stereocenters. The normalized spacial score (nSPS) is 10.4. The molecule has 6 heteroatoms. The predicted octanol–water partition coefficient (Wildman–Crippen LogP) is 2.50. The molecule has 0 aliphatic rings. The number of hydrogen-bond donors (Lipinski definition) is 0. The molecular formula is C15H18N4OS. The van der Waals surface area contributed by atoms with Crippen LogP contribution in [0, 0.1) is 0 Å². The lowest BCUT2D eigenvalue weighted by molar-refractivity contribution is -0.127. The Morgan fingerprint density at radius 3 is 2.57 bits per heavy atom. The van der Waals surface area contributed by atoms with E-state index < -0.39 is 0 Å². The summed E-state index contributed by atoms with van der Waals surface area (Å²) >= 11 is 1.41. The van der Waals surface area contributed by atoms with Crippen LogP contribution in [0.4, 0.5) is 0 Å². The van der Waals surface area contributed by atoms with Gasteiger partial charge in [-0.2, -0.15) is 0 Å². The number of amides is 1. The predicted molar refractivity (Wildman–Crippen MR) is 83.9 cm³/mol. The smallest absolute Gasteiger partial charge is 0.232 e. The number of carbonyl (C=O) groups is 1. The lowest BCUT2D eigenvalue weighted by Gasteiger charge is -2.17. The van der Waals surface area contributed by atoms with E-state index in [0.717, 1.165) is 29.4 Å². The van der Waals surface area contributed by atoms with Crippen LogP contribution in [-0.2, 0) is 4.79 Å². The third-order valence-electron chi connectivity index (χ3n) is 3.06. The molecule has 0 unspecified atom stereocenters. The van der Waals surface area contributed by atoms with Gasteiger partial charge in [0, 0.05) is 31.0 Å². The Kier molecular flexibility index (Phi) is 5.68. The second-order valence-corrected chi connectivity index (χ2v) is 5.35. The van der Waals surface area contributed by atoms with E-state index in [4.69, 9.17) is 0 Å².